The average molecular weight is 425 g/mol. The van der Waals surface area contributed by atoms with Gasteiger partial charge in [-0.15, -0.1) is 0 Å². The molecule has 0 amide bonds. The molecule has 0 bridgehead atoms. The number of hydrogen-bond donors (Lipinski definition) is 0. The van der Waals surface area contributed by atoms with Gasteiger partial charge in [0.25, 0.3) is 0 Å². The second-order valence-electron chi connectivity index (χ2n) is 9.26. The van der Waals surface area contributed by atoms with Gasteiger partial charge in [0, 0.05) is 25.0 Å². The summed E-state index contributed by atoms with van der Waals surface area (Å²) >= 11 is 0. The van der Waals surface area contributed by atoms with Crippen LogP contribution in [-0.2, 0) is 6.54 Å². The lowest BCUT2D eigenvalue weighted by molar-refractivity contribution is -0.693. The Hall–Kier alpha value is -2.06. The molecular weight excluding hydrogens is 388 g/mol. The van der Waals surface area contributed by atoms with E-state index in [1.54, 1.807) is 0 Å². The normalized spacial score (nSPS) is 11.3. The minimum absolute atomic E-state index is 0. The maximum atomic E-state index is 2.43. The van der Waals surface area contributed by atoms with Gasteiger partial charge in [-0.2, -0.15) is 4.57 Å². The van der Waals surface area contributed by atoms with Gasteiger partial charge < -0.3 is 12.4 Å². The second kappa shape index (κ2) is 9.39. The Balaban J connectivity index is 0.00000320. The number of halogens is 1. The van der Waals surface area contributed by atoms with E-state index < -0.39 is 0 Å². The van der Waals surface area contributed by atoms with Gasteiger partial charge in [0.15, 0.2) is 0 Å². The van der Waals surface area contributed by atoms with Crippen molar-refractivity contribution in [2.75, 3.05) is 0 Å². The first-order valence-electron chi connectivity index (χ1n) is 10.9. The Bertz CT molecular complexity index is 992. The lowest BCUT2D eigenvalue weighted by Crippen LogP contribution is -3.00. The third kappa shape index (κ3) is 4.49. The Morgan fingerprint density at radius 1 is 0.833 bits per heavy atom. The number of nitrogens with zero attached hydrogens (tertiary/aromatic N) is 2. The minimum atomic E-state index is 0. The Kier molecular flexibility index (Phi) is 7.58. The van der Waals surface area contributed by atoms with Gasteiger partial charge >= 0.3 is 0 Å². The third-order valence-electron chi connectivity index (χ3n) is 6.32. The third-order valence-corrected chi connectivity index (χ3v) is 6.32. The van der Waals surface area contributed by atoms with Crippen LogP contribution in [0.2, 0.25) is 0 Å². The van der Waals surface area contributed by atoms with E-state index in [2.05, 4.69) is 108 Å². The smallest absolute Gasteiger partial charge is 0.249 e. The van der Waals surface area contributed by atoms with Crippen LogP contribution in [0.15, 0.2) is 36.7 Å². The minimum Gasteiger partial charge on any atom is -1.00 e. The number of benzene rings is 2. The fourth-order valence-electron chi connectivity index (χ4n) is 4.50. The predicted molar refractivity (Wildman–Crippen MR) is 123 cm³/mol. The van der Waals surface area contributed by atoms with Crippen molar-refractivity contribution in [3.8, 4) is 5.69 Å². The first-order valence-corrected chi connectivity index (χ1v) is 10.9. The van der Waals surface area contributed by atoms with Crippen molar-refractivity contribution in [1.29, 1.82) is 0 Å². The topological polar surface area (TPSA) is 8.81 Å². The highest BCUT2D eigenvalue weighted by molar-refractivity contribution is 5.52. The molecule has 2 aromatic carbocycles. The van der Waals surface area contributed by atoms with Gasteiger partial charge in [-0.25, -0.2) is 4.57 Å². The number of aryl methyl sites for hydroxylation is 3. The fourth-order valence-corrected chi connectivity index (χ4v) is 4.50. The molecule has 0 aliphatic heterocycles. The highest BCUT2D eigenvalue weighted by Gasteiger charge is 2.25. The van der Waals surface area contributed by atoms with Crippen LogP contribution in [-0.4, -0.2) is 4.57 Å². The van der Waals surface area contributed by atoms with Gasteiger partial charge in [-0.1, -0.05) is 63.6 Å². The van der Waals surface area contributed by atoms with Crippen LogP contribution in [0.3, 0.4) is 0 Å². The van der Waals surface area contributed by atoms with E-state index in [1.807, 2.05) is 0 Å². The zero-order chi connectivity index (χ0) is 21.5. The van der Waals surface area contributed by atoms with Crippen molar-refractivity contribution >= 4 is 0 Å². The van der Waals surface area contributed by atoms with Crippen molar-refractivity contribution in [3.63, 3.8) is 0 Å². The first-order chi connectivity index (χ1) is 13.6. The van der Waals surface area contributed by atoms with E-state index in [-0.39, 0.29) is 12.4 Å². The standard InChI is InChI=1S/C27H37N2.ClH/c1-17(2)24-11-10-12-25(18(3)4)27(24)29-16-28(22(8)23(29)9)15-26-20(6)13-19(5)14-21(26)7;/h10-14,16-18H,15H2,1-9H3;1H/q+1;/p-1. The Labute approximate surface area is 189 Å². The quantitative estimate of drug-likeness (QED) is 0.553. The van der Waals surface area contributed by atoms with Crippen molar-refractivity contribution in [2.45, 2.75) is 80.7 Å². The molecule has 0 aliphatic rings. The van der Waals surface area contributed by atoms with E-state index in [1.165, 1.54) is 50.5 Å². The molecule has 3 aromatic rings. The SMILES string of the molecule is Cc1cc(C)c(C[n+]2cn(-c3c(C(C)C)cccc3C(C)C)c(C)c2C)c(C)c1.[Cl-]. The van der Waals surface area contributed by atoms with Crippen LogP contribution in [0, 0.1) is 34.6 Å². The maximum absolute atomic E-state index is 2.43. The molecule has 0 saturated carbocycles. The number of rotatable bonds is 5. The molecule has 3 heteroatoms. The van der Waals surface area contributed by atoms with Crippen molar-refractivity contribution in [1.82, 2.24) is 4.57 Å². The zero-order valence-corrected chi connectivity index (χ0v) is 20.9. The van der Waals surface area contributed by atoms with Crippen LogP contribution in [0.5, 0.6) is 0 Å². The summed E-state index contributed by atoms with van der Waals surface area (Å²) in [6, 6.07) is 11.4. The summed E-state index contributed by atoms with van der Waals surface area (Å²) in [5, 5.41) is 0. The Morgan fingerprint density at radius 3 is 1.80 bits per heavy atom. The van der Waals surface area contributed by atoms with Crippen molar-refractivity contribution < 1.29 is 17.0 Å². The number of hydrogen-bond acceptors (Lipinski definition) is 0. The molecule has 0 aliphatic carbocycles. The number of para-hydroxylation sites is 1. The molecule has 0 saturated heterocycles. The predicted octanol–water partition coefficient (Wildman–Crippen LogP) is 3.61. The lowest BCUT2D eigenvalue weighted by atomic mass is 9.92. The summed E-state index contributed by atoms with van der Waals surface area (Å²) in [7, 11) is 0. The molecule has 162 valence electrons. The molecule has 0 atom stereocenters. The van der Waals surface area contributed by atoms with Crippen molar-refractivity contribution in [3.05, 3.63) is 81.4 Å². The van der Waals surface area contributed by atoms with E-state index in [0.29, 0.717) is 11.8 Å². The van der Waals surface area contributed by atoms with E-state index >= 15 is 0 Å². The molecular formula is C27H37ClN2. The molecule has 3 rings (SSSR count). The molecule has 1 heterocycles. The summed E-state index contributed by atoms with van der Waals surface area (Å²) in [5.74, 6) is 0.974. The van der Waals surface area contributed by atoms with Crippen LogP contribution in [0.25, 0.3) is 5.69 Å². The van der Waals surface area contributed by atoms with E-state index in [0.717, 1.165) is 6.54 Å². The highest BCUT2D eigenvalue weighted by Crippen LogP contribution is 2.32. The number of aromatic nitrogens is 2. The summed E-state index contributed by atoms with van der Waals surface area (Å²) in [5.41, 5.74) is 12.4. The maximum Gasteiger partial charge on any atom is 0.249 e. The summed E-state index contributed by atoms with van der Waals surface area (Å²) in [4.78, 5) is 0. The van der Waals surface area contributed by atoms with Gasteiger partial charge in [-0.3, -0.25) is 0 Å². The van der Waals surface area contributed by atoms with E-state index in [4.69, 9.17) is 0 Å². The molecule has 0 spiro atoms. The number of imidazole rings is 1. The van der Waals surface area contributed by atoms with Gasteiger partial charge in [-0.05, 0) is 49.3 Å². The van der Waals surface area contributed by atoms with Crippen LogP contribution in [0.4, 0.5) is 0 Å². The van der Waals surface area contributed by atoms with Crippen LogP contribution in [0.1, 0.15) is 84.3 Å². The molecule has 0 unspecified atom stereocenters. The van der Waals surface area contributed by atoms with E-state index in [9.17, 15) is 0 Å². The molecule has 0 fully saturated rings. The van der Waals surface area contributed by atoms with Gasteiger partial charge in [0.1, 0.15) is 23.6 Å². The lowest BCUT2D eigenvalue weighted by Gasteiger charge is -2.17. The fraction of sp³-hybridized carbons (Fsp3) is 0.444. The monoisotopic (exact) mass is 424 g/mol. The molecule has 0 N–H and O–H groups in total. The van der Waals surface area contributed by atoms with Crippen LogP contribution < -0.4 is 17.0 Å². The van der Waals surface area contributed by atoms with Crippen LogP contribution >= 0.6 is 0 Å². The largest absolute Gasteiger partial charge is 1.00 e. The first kappa shape index (κ1) is 24.2. The molecule has 1 aromatic heterocycles. The summed E-state index contributed by atoms with van der Waals surface area (Å²) in [6.07, 6.45) is 2.32. The highest BCUT2D eigenvalue weighted by atomic mass is 35.5. The zero-order valence-electron chi connectivity index (χ0n) is 20.1. The second-order valence-corrected chi connectivity index (χ2v) is 9.26. The molecule has 2 nitrogen and oxygen atoms in total. The van der Waals surface area contributed by atoms with Gasteiger partial charge in [0.05, 0.1) is 0 Å². The molecule has 0 radical (unpaired) electrons. The summed E-state index contributed by atoms with van der Waals surface area (Å²) < 4.78 is 4.85. The molecule has 30 heavy (non-hydrogen) atoms. The Morgan fingerprint density at radius 2 is 1.33 bits per heavy atom. The average Bonchev–Trinajstić information content (AvgIpc) is 2.92. The van der Waals surface area contributed by atoms with Crippen molar-refractivity contribution in [2.24, 2.45) is 0 Å². The summed E-state index contributed by atoms with van der Waals surface area (Å²) in [6.45, 7) is 21.2. The van der Waals surface area contributed by atoms with Gasteiger partial charge in [0.2, 0.25) is 6.33 Å².